The lowest BCUT2D eigenvalue weighted by Crippen LogP contribution is -2.58. The average molecular weight is 901 g/mol. The number of rotatable bonds is 13. The molecule has 15 heteroatoms. The van der Waals surface area contributed by atoms with Gasteiger partial charge in [0.05, 0.1) is 4.90 Å². The number of sulfone groups is 1. The Morgan fingerprint density at radius 3 is 2.17 bits per heavy atom. The summed E-state index contributed by atoms with van der Waals surface area (Å²) in [4.78, 5) is 49.3. The summed E-state index contributed by atoms with van der Waals surface area (Å²) in [7, 11) is -3.34. The molecule has 2 N–H and O–H groups in total. The Bertz CT molecular complexity index is 2710. The minimum Gasteiger partial charge on any atom is -0.508 e. The van der Waals surface area contributed by atoms with Gasteiger partial charge in [-0.05, 0) is 110 Å². The lowest BCUT2D eigenvalue weighted by atomic mass is 9.99. The van der Waals surface area contributed by atoms with Crippen LogP contribution in [0.25, 0.3) is 21.9 Å². The van der Waals surface area contributed by atoms with Gasteiger partial charge in [0.1, 0.15) is 35.6 Å². The average Bonchev–Trinajstić information content (AvgIpc) is 3.62. The van der Waals surface area contributed by atoms with Gasteiger partial charge in [-0.25, -0.2) is 8.42 Å². The third kappa shape index (κ3) is 9.69. The second-order valence-corrected chi connectivity index (χ2v) is 19.8. The van der Waals surface area contributed by atoms with Gasteiger partial charge in [-0.3, -0.25) is 34.4 Å². The van der Waals surface area contributed by atoms with Crippen LogP contribution < -0.4 is 19.7 Å². The second-order valence-electron chi connectivity index (χ2n) is 17.8. The molecule has 65 heavy (non-hydrogen) atoms. The quantitative estimate of drug-likeness (QED) is 0.138. The number of nitrogens with one attached hydrogen (secondary N) is 1. The molecule has 0 spiro atoms. The summed E-state index contributed by atoms with van der Waals surface area (Å²) in [6, 6.07) is 29.5. The van der Waals surface area contributed by atoms with E-state index in [1.54, 1.807) is 41.3 Å². The molecule has 1 unspecified atom stereocenters. The van der Waals surface area contributed by atoms with E-state index >= 15 is 0 Å². The van der Waals surface area contributed by atoms with Crippen molar-refractivity contribution in [3.8, 4) is 34.1 Å². The van der Waals surface area contributed by atoms with E-state index in [1.807, 2.05) is 54.6 Å². The van der Waals surface area contributed by atoms with Crippen LogP contribution in [0, 0.1) is 0 Å². The van der Waals surface area contributed by atoms with Crippen LogP contribution in [0.5, 0.6) is 23.0 Å². The molecule has 3 saturated heterocycles. The number of amides is 3. The van der Waals surface area contributed by atoms with Crippen LogP contribution in [0.1, 0.15) is 42.6 Å². The van der Waals surface area contributed by atoms with Crippen molar-refractivity contribution in [1.29, 1.82) is 0 Å². The van der Waals surface area contributed by atoms with Crippen molar-refractivity contribution in [1.82, 2.24) is 24.9 Å². The molecule has 4 aliphatic heterocycles. The van der Waals surface area contributed by atoms with E-state index in [0.29, 0.717) is 48.7 Å². The van der Waals surface area contributed by atoms with Crippen LogP contribution in [0.3, 0.4) is 0 Å². The zero-order valence-electron chi connectivity index (χ0n) is 37.1. The zero-order valence-corrected chi connectivity index (χ0v) is 37.9. The molecule has 5 aromatic carbocycles. The van der Waals surface area contributed by atoms with Gasteiger partial charge in [-0.1, -0.05) is 24.3 Å². The number of ether oxygens (including phenoxy) is 2. The molecule has 4 heterocycles. The van der Waals surface area contributed by atoms with Crippen molar-refractivity contribution in [3.05, 3.63) is 108 Å². The van der Waals surface area contributed by atoms with Crippen LogP contribution in [0.2, 0.25) is 0 Å². The number of hydrogen-bond donors (Lipinski definition) is 2. The van der Waals surface area contributed by atoms with Gasteiger partial charge >= 0.3 is 0 Å². The molecule has 3 amide bonds. The summed E-state index contributed by atoms with van der Waals surface area (Å²) < 4.78 is 36.9. The van der Waals surface area contributed by atoms with Crippen molar-refractivity contribution < 1.29 is 37.4 Å². The molecular formula is C50H56N6O8S. The molecule has 340 valence electrons. The largest absolute Gasteiger partial charge is 0.508 e. The highest BCUT2D eigenvalue weighted by Gasteiger charge is 2.39. The first-order chi connectivity index (χ1) is 31.3. The number of piperazine rings is 2. The van der Waals surface area contributed by atoms with Gasteiger partial charge < -0.3 is 24.4 Å². The molecule has 3 fully saturated rings. The fourth-order valence-corrected chi connectivity index (χ4v) is 10.3. The first kappa shape index (κ1) is 44.2. The molecule has 5 aromatic rings. The van der Waals surface area contributed by atoms with Crippen LogP contribution in [-0.2, 0) is 26.0 Å². The minimum atomic E-state index is -3.34. The standard InChI is InChI=1S/C50H56N6O8S/c1-33-31-55(26-27-63-40-10-12-41(13-11-40)64-48-43(16-7-36-28-39(57)9-17-44(36)48)35-5-14-42(15-6-35)65(3,61)62)34(2)30-54(33)25-22-52-20-23-53(24-21-52)38-8-4-37-32-56(50(60)45(37)29-38)46-18-19-47(58)51-49(46)59/h4-17,28-29,33-34,46,57H,18-27,30-32H2,1-3H3,(H,51,58,59)/t33-,34+,46?/m1/s1. The van der Waals surface area contributed by atoms with Crippen molar-refractivity contribution in [2.24, 2.45) is 0 Å². The smallest absolute Gasteiger partial charge is 0.255 e. The molecule has 0 aliphatic carbocycles. The number of carbonyl (C=O) groups excluding carboxylic acids is 3. The Kier molecular flexibility index (Phi) is 12.6. The molecular weight excluding hydrogens is 845 g/mol. The van der Waals surface area contributed by atoms with Gasteiger partial charge in [0.15, 0.2) is 9.84 Å². The van der Waals surface area contributed by atoms with Crippen molar-refractivity contribution >= 4 is 44.0 Å². The summed E-state index contributed by atoms with van der Waals surface area (Å²) in [5, 5.41) is 14.2. The molecule has 14 nitrogen and oxygen atoms in total. The predicted molar refractivity (Wildman–Crippen MR) is 249 cm³/mol. The van der Waals surface area contributed by atoms with Crippen molar-refractivity contribution in [3.63, 3.8) is 0 Å². The lowest BCUT2D eigenvalue weighted by Gasteiger charge is -2.45. The molecule has 9 rings (SSSR count). The molecule has 0 aromatic heterocycles. The van der Waals surface area contributed by atoms with Crippen LogP contribution >= 0.6 is 0 Å². The first-order valence-corrected chi connectivity index (χ1v) is 24.4. The number of phenolic OH excluding ortho intramolecular Hbond substituents is 1. The number of nitrogens with zero attached hydrogens (tertiary/aromatic N) is 5. The van der Waals surface area contributed by atoms with E-state index in [2.05, 4.69) is 44.8 Å². The number of piperidine rings is 1. The monoisotopic (exact) mass is 900 g/mol. The third-order valence-electron chi connectivity index (χ3n) is 13.4. The SMILES string of the molecule is C[C@@H]1CN(CCOc2ccc(Oc3c(-c4ccc(S(C)(=O)=O)cc4)ccc4cc(O)ccc34)cc2)[C@@H](C)CN1CCN1CCN(c2ccc3c(c2)C(=O)N(C2CCC(=O)NC2=O)C3)CC1. The Morgan fingerprint density at radius 2 is 1.46 bits per heavy atom. The third-order valence-corrected chi connectivity index (χ3v) is 14.6. The van der Waals surface area contributed by atoms with E-state index < -0.39 is 15.9 Å². The maximum atomic E-state index is 13.4. The lowest BCUT2D eigenvalue weighted by molar-refractivity contribution is -0.136. The fourth-order valence-electron chi connectivity index (χ4n) is 9.64. The van der Waals surface area contributed by atoms with Crippen LogP contribution in [0.15, 0.2) is 102 Å². The highest BCUT2D eigenvalue weighted by molar-refractivity contribution is 7.90. The number of aromatic hydroxyl groups is 1. The van der Waals surface area contributed by atoms with Gasteiger partial charge in [0.2, 0.25) is 11.8 Å². The van der Waals surface area contributed by atoms with E-state index in [0.717, 1.165) is 97.8 Å². The molecule has 0 saturated carbocycles. The Labute approximate surface area is 380 Å². The predicted octanol–water partition coefficient (Wildman–Crippen LogP) is 5.76. The van der Waals surface area contributed by atoms with Crippen LogP contribution in [-0.4, -0.2) is 141 Å². The maximum absolute atomic E-state index is 13.4. The topological polar surface area (TPSA) is 152 Å². The zero-order chi connectivity index (χ0) is 45.4. The highest BCUT2D eigenvalue weighted by Crippen LogP contribution is 2.41. The number of anilines is 1. The number of fused-ring (bicyclic) bond motifs is 2. The minimum absolute atomic E-state index is 0.138. The van der Waals surface area contributed by atoms with Gasteiger partial charge in [0.25, 0.3) is 5.91 Å². The van der Waals surface area contributed by atoms with Crippen molar-refractivity contribution in [2.45, 2.75) is 56.3 Å². The molecule has 0 radical (unpaired) electrons. The first-order valence-electron chi connectivity index (χ1n) is 22.5. The second kappa shape index (κ2) is 18.5. The van der Waals surface area contributed by atoms with E-state index in [1.165, 1.54) is 6.26 Å². The fraction of sp³-hybridized carbons (Fsp3) is 0.380. The molecule has 0 bridgehead atoms. The van der Waals surface area contributed by atoms with Gasteiger partial charge in [0, 0.05) is 112 Å². The van der Waals surface area contributed by atoms with E-state index in [4.69, 9.17) is 9.47 Å². The summed E-state index contributed by atoms with van der Waals surface area (Å²) in [6.45, 7) is 14.0. The van der Waals surface area contributed by atoms with Crippen LogP contribution in [0.4, 0.5) is 5.69 Å². The van der Waals surface area contributed by atoms with E-state index in [9.17, 15) is 27.9 Å². The Hall–Kier alpha value is -6.00. The van der Waals surface area contributed by atoms with Gasteiger partial charge in [-0.2, -0.15) is 0 Å². The Morgan fingerprint density at radius 1 is 0.754 bits per heavy atom. The Balaban J connectivity index is 0.731. The molecule has 4 aliphatic rings. The summed E-state index contributed by atoms with van der Waals surface area (Å²) >= 11 is 0. The molecule has 3 atom stereocenters. The number of benzene rings is 5. The highest BCUT2D eigenvalue weighted by atomic mass is 32.2. The summed E-state index contributed by atoms with van der Waals surface area (Å²) in [6.07, 6.45) is 1.80. The van der Waals surface area contributed by atoms with Crippen molar-refractivity contribution in [2.75, 3.05) is 76.7 Å². The normalized spacial score (nSPS) is 21.2. The summed E-state index contributed by atoms with van der Waals surface area (Å²) in [5.74, 6) is 1.31. The summed E-state index contributed by atoms with van der Waals surface area (Å²) in [5.41, 5.74) is 4.21. The number of imide groups is 1. The number of carbonyl (C=O) groups is 3. The van der Waals surface area contributed by atoms with E-state index in [-0.39, 0.29) is 34.8 Å². The maximum Gasteiger partial charge on any atom is 0.255 e. The van der Waals surface area contributed by atoms with Gasteiger partial charge in [-0.15, -0.1) is 0 Å². The number of phenols is 1. The number of hydrogen-bond acceptors (Lipinski definition) is 12.